The molecule has 1 aromatic rings. The van der Waals surface area contributed by atoms with Gasteiger partial charge in [0, 0.05) is 5.56 Å². The number of aldehydes is 1. The van der Waals surface area contributed by atoms with Crippen LogP contribution < -0.4 is 4.74 Å². The molecule has 0 bridgehead atoms. The Labute approximate surface area is 93.4 Å². The van der Waals surface area contributed by atoms with E-state index in [9.17, 15) is 14.0 Å². The summed E-state index contributed by atoms with van der Waals surface area (Å²) >= 11 is 1.38. The first-order valence-corrected chi connectivity index (χ1v) is 4.38. The fourth-order valence-electron chi connectivity index (χ4n) is 0.888. The zero-order valence-corrected chi connectivity index (χ0v) is 9.44. The number of rotatable bonds is 3. The molecule has 1 aromatic carbocycles. The van der Waals surface area contributed by atoms with Gasteiger partial charge in [-0.15, -0.1) is 0 Å². The predicted octanol–water partition coefficient (Wildman–Crippen LogP) is 0.716. The molecule has 6 heteroatoms. The summed E-state index contributed by atoms with van der Waals surface area (Å²) in [6.07, 6.45) is 0.140. The summed E-state index contributed by atoms with van der Waals surface area (Å²) in [7, 11) is 1.32. The van der Waals surface area contributed by atoms with Gasteiger partial charge in [0.25, 0.3) is 0 Å². The van der Waals surface area contributed by atoms with Crippen molar-refractivity contribution in [3.63, 3.8) is 0 Å². The van der Waals surface area contributed by atoms with Gasteiger partial charge in [0.15, 0.2) is 17.9 Å². The third-order valence-corrected chi connectivity index (χ3v) is 1.54. The van der Waals surface area contributed by atoms with Crippen LogP contribution in [0.3, 0.4) is 0 Å². The number of hydrogen-bond acceptors (Lipinski definition) is 4. The van der Waals surface area contributed by atoms with Gasteiger partial charge in [0.05, 0.1) is 7.11 Å². The summed E-state index contributed by atoms with van der Waals surface area (Å²) < 4.78 is 25.7. The van der Waals surface area contributed by atoms with Crippen molar-refractivity contribution in [2.24, 2.45) is 0 Å². The van der Waals surface area contributed by atoms with E-state index in [2.05, 4.69) is 4.74 Å². The molecule has 0 saturated heterocycles. The fourth-order valence-corrected chi connectivity index (χ4v) is 0.888. The second-order valence-corrected chi connectivity index (χ2v) is 2.33. The number of methoxy groups -OCH3 is 1. The minimum absolute atomic E-state index is 0.0216. The Kier molecular flexibility index (Phi) is 6.33. The molecule has 0 amide bonds. The van der Waals surface area contributed by atoms with Crippen LogP contribution >= 0.6 is 0 Å². The summed E-state index contributed by atoms with van der Waals surface area (Å²) in [6, 6.07) is 3.60. The van der Waals surface area contributed by atoms with E-state index in [1.807, 2.05) is 0 Å². The molecule has 0 aromatic heterocycles. The number of ketones is 1. The van der Waals surface area contributed by atoms with E-state index in [4.69, 9.17) is 3.83 Å². The van der Waals surface area contributed by atoms with Gasteiger partial charge >= 0.3 is 19.8 Å². The molecule has 15 heavy (non-hydrogen) atoms. The van der Waals surface area contributed by atoms with Crippen LogP contribution in [0, 0.1) is 5.82 Å². The third kappa shape index (κ3) is 3.69. The standard InChI is InChI=1S/C9H7FO3.OSe/c1-13-9-3-2-6(4-7(9)10)8(12)5-11;1-2/h2-5H,1H3;. The molecule has 1 rings (SSSR count). The molecule has 4 nitrogen and oxygen atoms in total. The molecule has 0 aliphatic carbocycles. The molecule has 0 saturated carbocycles. The van der Waals surface area contributed by atoms with Gasteiger partial charge in [-0.3, -0.25) is 9.59 Å². The number of carbonyl (C=O) groups is 2. The van der Waals surface area contributed by atoms with Crippen molar-refractivity contribution in [3.05, 3.63) is 29.6 Å². The number of ether oxygens (including phenoxy) is 1. The molecule has 0 atom stereocenters. The van der Waals surface area contributed by atoms with Gasteiger partial charge in [-0.05, 0) is 18.2 Å². The Morgan fingerprint density at radius 2 is 2.07 bits per heavy atom. The van der Waals surface area contributed by atoms with Gasteiger partial charge < -0.3 is 4.74 Å². The first kappa shape index (κ1) is 13.6. The Bertz CT molecular complexity index is 367. The Balaban J connectivity index is 0.000000921. The van der Waals surface area contributed by atoms with Crippen molar-refractivity contribution in [2.75, 3.05) is 7.11 Å². The average molecular weight is 277 g/mol. The number of carbonyl (C=O) groups excluding carboxylic acids is 2. The van der Waals surface area contributed by atoms with E-state index < -0.39 is 11.6 Å². The molecule has 0 unspecified atom stereocenters. The maximum atomic E-state index is 13.0. The van der Waals surface area contributed by atoms with Crippen LogP contribution in [-0.2, 0) is 8.63 Å². The number of hydrogen-bond donors (Lipinski definition) is 0. The summed E-state index contributed by atoms with van der Waals surface area (Å²) in [6.45, 7) is 0. The van der Waals surface area contributed by atoms with E-state index >= 15 is 0 Å². The van der Waals surface area contributed by atoms with Crippen LogP contribution in [0.25, 0.3) is 0 Å². The van der Waals surface area contributed by atoms with Crippen molar-refractivity contribution >= 4 is 28.0 Å². The van der Waals surface area contributed by atoms with Crippen molar-refractivity contribution in [1.82, 2.24) is 0 Å². The third-order valence-electron chi connectivity index (χ3n) is 1.54. The molecule has 0 aliphatic heterocycles. The second kappa shape index (κ2) is 6.98. The molecule has 0 spiro atoms. The SMILES string of the molecule is COc1ccc(C(=O)C=O)cc1F.O=[Se]. The van der Waals surface area contributed by atoms with Crippen molar-refractivity contribution in [1.29, 1.82) is 0 Å². The van der Waals surface area contributed by atoms with Crippen LogP contribution in [-0.4, -0.2) is 35.1 Å². The van der Waals surface area contributed by atoms with E-state index in [1.165, 1.54) is 35.2 Å². The predicted molar refractivity (Wildman–Crippen MR) is 49.8 cm³/mol. The average Bonchev–Trinajstić information content (AvgIpc) is 2.30. The molecule has 0 fully saturated rings. The molecule has 0 heterocycles. The van der Waals surface area contributed by atoms with Gasteiger partial charge in [0.2, 0.25) is 5.78 Å². The topological polar surface area (TPSA) is 60.4 Å². The number of Topliss-reactive ketones (excluding diaryl/α,β-unsaturated/α-hetero) is 1. The fraction of sp³-hybridized carbons (Fsp3) is 0.111. The normalized spacial score (nSPS) is 8.40. The first-order chi connectivity index (χ1) is 7.19. The van der Waals surface area contributed by atoms with Crippen molar-refractivity contribution in [2.45, 2.75) is 0 Å². The van der Waals surface area contributed by atoms with Gasteiger partial charge in [-0.1, -0.05) is 0 Å². The molecular weight excluding hydrogens is 270 g/mol. The Morgan fingerprint density at radius 1 is 1.47 bits per heavy atom. The summed E-state index contributed by atoms with van der Waals surface area (Å²) in [5.74, 6) is -1.36. The molecular formula is C9H7FO4Se. The van der Waals surface area contributed by atoms with E-state index in [1.54, 1.807) is 0 Å². The van der Waals surface area contributed by atoms with E-state index in [0.29, 0.717) is 0 Å². The summed E-state index contributed by atoms with van der Waals surface area (Å²) in [4.78, 5) is 20.9. The van der Waals surface area contributed by atoms with Crippen molar-refractivity contribution < 1.29 is 22.6 Å². The van der Waals surface area contributed by atoms with Crippen LogP contribution in [0.5, 0.6) is 5.75 Å². The minimum atomic E-state index is -0.749. The van der Waals surface area contributed by atoms with Crippen LogP contribution in [0.1, 0.15) is 10.4 Å². The summed E-state index contributed by atoms with van der Waals surface area (Å²) in [5.41, 5.74) is 0.0216. The van der Waals surface area contributed by atoms with E-state index in [-0.39, 0.29) is 17.6 Å². The maximum absolute atomic E-state index is 13.0. The number of benzene rings is 1. The quantitative estimate of drug-likeness (QED) is 0.353. The molecule has 0 radical (unpaired) electrons. The van der Waals surface area contributed by atoms with Crippen LogP contribution in [0.2, 0.25) is 0 Å². The molecule has 0 aliphatic rings. The first-order valence-electron chi connectivity index (χ1n) is 3.68. The number of halogens is 1. The Hall–Kier alpha value is -1.39. The van der Waals surface area contributed by atoms with Gasteiger partial charge in [0.1, 0.15) is 0 Å². The zero-order chi connectivity index (χ0) is 11.8. The molecule has 80 valence electrons. The monoisotopic (exact) mass is 278 g/mol. The van der Waals surface area contributed by atoms with E-state index in [0.717, 1.165) is 6.07 Å². The van der Waals surface area contributed by atoms with Gasteiger partial charge in [-0.2, -0.15) is 0 Å². The molecule has 0 N–H and O–H groups in total. The van der Waals surface area contributed by atoms with Gasteiger partial charge in [-0.25, -0.2) is 4.39 Å². The summed E-state index contributed by atoms with van der Waals surface area (Å²) in [5, 5.41) is 0. The van der Waals surface area contributed by atoms with Crippen molar-refractivity contribution in [3.8, 4) is 5.75 Å². The second-order valence-electron chi connectivity index (χ2n) is 2.33. The van der Waals surface area contributed by atoms with Crippen LogP contribution in [0.15, 0.2) is 18.2 Å². The van der Waals surface area contributed by atoms with Crippen LogP contribution in [0.4, 0.5) is 4.39 Å². The Morgan fingerprint density at radius 3 is 2.47 bits per heavy atom. The zero-order valence-electron chi connectivity index (χ0n) is 7.73.